The van der Waals surface area contributed by atoms with Crippen molar-refractivity contribution in [3.63, 3.8) is 0 Å². The summed E-state index contributed by atoms with van der Waals surface area (Å²) in [4.78, 5) is 13.8. The average molecular weight is 196 g/mol. The summed E-state index contributed by atoms with van der Waals surface area (Å²) < 4.78 is 0. The molecule has 80 valence electrons. The summed E-state index contributed by atoms with van der Waals surface area (Å²) in [7, 11) is 0. The maximum Gasteiger partial charge on any atom is 0.220 e. The predicted molar refractivity (Wildman–Crippen MR) is 56.0 cm³/mol. The Kier molecular flexibility index (Phi) is 2.77. The number of nitrogens with zero attached hydrogens (tertiary/aromatic N) is 1. The molecule has 14 heavy (non-hydrogen) atoms. The number of hydrogen-bond acceptors (Lipinski definition) is 2. The molecular formula is C11H20N2O. The molecule has 2 atom stereocenters. The van der Waals surface area contributed by atoms with Gasteiger partial charge in [-0.3, -0.25) is 9.69 Å². The first-order chi connectivity index (χ1) is 6.66. The van der Waals surface area contributed by atoms with E-state index in [2.05, 4.69) is 24.1 Å². The Morgan fingerprint density at radius 2 is 2.21 bits per heavy atom. The molecule has 3 heteroatoms. The molecule has 0 saturated carbocycles. The molecule has 0 aliphatic carbocycles. The molecule has 0 aromatic heterocycles. The zero-order valence-corrected chi connectivity index (χ0v) is 9.12. The Balaban J connectivity index is 2.00. The van der Waals surface area contributed by atoms with Gasteiger partial charge in [0, 0.05) is 31.6 Å². The van der Waals surface area contributed by atoms with Crippen LogP contribution in [0.25, 0.3) is 0 Å². The summed E-state index contributed by atoms with van der Waals surface area (Å²) in [5, 5.41) is 3.15. The number of amides is 1. The Hall–Kier alpha value is -0.570. The predicted octanol–water partition coefficient (Wildman–Crippen LogP) is 0.995. The SMILES string of the molecule is CC(C)N1CC2CCCC(=O)NC2C1. The fourth-order valence-electron chi connectivity index (χ4n) is 2.59. The van der Waals surface area contributed by atoms with Gasteiger partial charge < -0.3 is 5.32 Å². The zero-order chi connectivity index (χ0) is 10.1. The quantitative estimate of drug-likeness (QED) is 0.678. The molecule has 2 heterocycles. The Bertz CT molecular complexity index is 227. The maximum absolute atomic E-state index is 11.4. The van der Waals surface area contributed by atoms with Gasteiger partial charge in [0.15, 0.2) is 0 Å². The molecule has 2 fully saturated rings. The van der Waals surface area contributed by atoms with E-state index in [-0.39, 0.29) is 5.91 Å². The van der Waals surface area contributed by atoms with Crippen LogP contribution in [0.4, 0.5) is 0 Å². The van der Waals surface area contributed by atoms with Crippen LogP contribution in [0.3, 0.4) is 0 Å². The highest BCUT2D eigenvalue weighted by Crippen LogP contribution is 2.26. The first-order valence-corrected chi connectivity index (χ1v) is 5.70. The minimum Gasteiger partial charge on any atom is -0.352 e. The highest BCUT2D eigenvalue weighted by atomic mass is 16.1. The van der Waals surface area contributed by atoms with Gasteiger partial charge in [-0.2, -0.15) is 0 Å². The number of rotatable bonds is 1. The Morgan fingerprint density at radius 3 is 2.93 bits per heavy atom. The lowest BCUT2D eigenvalue weighted by Gasteiger charge is -2.20. The van der Waals surface area contributed by atoms with E-state index in [1.807, 2.05) is 0 Å². The van der Waals surface area contributed by atoms with E-state index in [0.29, 0.717) is 18.0 Å². The smallest absolute Gasteiger partial charge is 0.220 e. The van der Waals surface area contributed by atoms with Crippen molar-refractivity contribution in [1.29, 1.82) is 0 Å². The van der Waals surface area contributed by atoms with E-state index in [0.717, 1.165) is 19.4 Å². The molecule has 2 aliphatic heterocycles. The van der Waals surface area contributed by atoms with Gasteiger partial charge in [0.05, 0.1) is 0 Å². The van der Waals surface area contributed by atoms with Crippen molar-refractivity contribution < 1.29 is 4.79 Å². The minimum atomic E-state index is 0.253. The van der Waals surface area contributed by atoms with Gasteiger partial charge in [-0.15, -0.1) is 0 Å². The molecule has 2 aliphatic rings. The van der Waals surface area contributed by atoms with Crippen molar-refractivity contribution in [3.05, 3.63) is 0 Å². The van der Waals surface area contributed by atoms with Gasteiger partial charge in [0.25, 0.3) is 0 Å². The standard InChI is InChI=1S/C11H20N2O/c1-8(2)13-6-9-4-3-5-11(14)12-10(9)7-13/h8-10H,3-7H2,1-2H3,(H,12,14). The molecule has 0 radical (unpaired) electrons. The third kappa shape index (κ3) is 1.92. The summed E-state index contributed by atoms with van der Waals surface area (Å²) in [5.74, 6) is 0.951. The van der Waals surface area contributed by atoms with Crippen LogP contribution in [0, 0.1) is 5.92 Å². The summed E-state index contributed by atoms with van der Waals surface area (Å²) >= 11 is 0. The molecule has 0 spiro atoms. The van der Waals surface area contributed by atoms with Gasteiger partial charge in [0.1, 0.15) is 0 Å². The zero-order valence-electron chi connectivity index (χ0n) is 9.12. The summed E-state index contributed by atoms with van der Waals surface area (Å²) in [6.07, 6.45) is 3.01. The second-order valence-electron chi connectivity index (χ2n) is 4.87. The van der Waals surface area contributed by atoms with Crippen LogP contribution in [-0.2, 0) is 4.79 Å². The maximum atomic E-state index is 11.4. The molecule has 0 aromatic rings. The van der Waals surface area contributed by atoms with Crippen LogP contribution >= 0.6 is 0 Å². The van der Waals surface area contributed by atoms with Crippen molar-refractivity contribution in [2.24, 2.45) is 5.92 Å². The fourth-order valence-corrected chi connectivity index (χ4v) is 2.59. The van der Waals surface area contributed by atoms with Crippen molar-refractivity contribution in [3.8, 4) is 0 Å². The average Bonchev–Trinajstić information content (AvgIpc) is 2.42. The van der Waals surface area contributed by atoms with Crippen LogP contribution in [0.5, 0.6) is 0 Å². The molecule has 1 amide bonds. The van der Waals surface area contributed by atoms with Gasteiger partial charge in [-0.25, -0.2) is 0 Å². The normalized spacial score (nSPS) is 34.1. The van der Waals surface area contributed by atoms with Crippen LogP contribution in [0.15, 0.2) is 0 Å². The molecule has 2 rings (SSSR count). The number of likely N-dealkylation sites (tertiary alicyclic amines) is 1. The summed E-state index contributed by atoms with van der Waals surface area (Å²) in [6.45, 7) is 6.68. The first kappa shape index (κ1) is 9.97. The third-order valence-corrected chi connectivity index (χ3v) is 3.52. The number of fused-ring (bicyclic) bond motifs is 1. The van der Waals surface area contributed by atoms with E-state index in [4.69, 9.17) is 0 Å². The van der Waals surface area contributed by atoms with Gasteiger partial charge in [0.2, 0.25) is 5.91 Å². The highest BCUT2D eigenvalue weighted by molar-refractivity contribution is 5.76. The Morgan fingerprint density at radius 1 is 1.43 bits per heavy atom. The molecule has 2 saturated heterocycles. The van der Waals surface area contributed by atoms with E-state index in [9.17, 15) is 4.79 Å². The topological polar surface area (TPSA) is 32.3 Å². The fraction of sp³-hybridized carbons (Fsp3) is 0.909. The van der Waals surface area contributed by atoms with Gasteiger partial charge in [-0.1, -0.05) is 0 Å². The molecule has 2 unspecified atom stereocenters. The lowest BCUT2D eigenvalue weighted by atomic mass is 9.99. The van der Waals surface area contributed by atoms with Crippen LogP contribution < -0.4 is 5.32 Å². The lowest BCUT2D eigenvalue weighted by molar-refractivity contribution is -0.121. The van der Waals surface area contributed by atoms with Crippen molar-refractivity contribution >= 4 is 5.91 Å². The first-order valence-electron chi connectivity index (χ1n) is 5.70. The largest absolute Gasteiger partial charge is 0.352 e. The van der Waals surface area contributed by atoms with E-state index < -0.39 is 0 Å². The van der Waals surface area contributed by atoms with Gasteiger partial charge >= 0.3 is 0 Å². The molecule has 0 aromatic carbocycles. The number of nitrogens with one attached hydrogen (secondary N) is 1. The number of carbonyl (C=O) groups excluding carboxylic acids is 1. The number of hydrogen-bond donors (Lipinski definition) is 1. The molecule has 3 nitrogen and oxygen atoms in total. The second-order valence-corrected chi connectivity index (χ2v) is 4.87. The monoisotopic (exact) mass is 196 g/mol. The van der Waals surface area contributed by atoms with E-state index in [1.54, 1.807) is 0 Å². The van der Waals surface area contributed by atoms with Crippen LogP contribution in [0.2, 0.25) is 0 Å². The van der Waals surface area contributed by atoms with Gasteiger partial charge in [-0.05, 0) is 32.6 Å². The van der Waals surface area contributed by atoms with Crippen LogP contribution in [-0.4, -0.2) is 36.0 Å². The lowest BCUT2D eigenvalue weighted by Crippen LogP contribution is -2.39. The molecular weight excluding hydrogens is 176 g/mol. The molecule has 0 bridgehead atoms. The van der Waals surface area contributed by atoms with Crippen LogP contribution in [0.1, 0.15) is 33.1 Å². The van der Waals surface area contributed by atoms with Crippen molar-refractivity contribution in [2.75, 3.05) is 13.1 Å². The Labute approximate surface area is 85.8 Å². The summed E-state index contributed by atoms with van der Waals surface area (Å²) in [5.41, 5.74) is 0. The minimum absolute atomic E-state index is 0.253. The third-order valence-electron chi connectivity index (χ3n) is 3.52. The van der Waals surface area contributed by atoms with E-state index >= 15 is 0 Å². The number of carbonyl (C=O) groups is 1. The highest BCUT2D eigenvalue weighted by Gasteiger charge is 2.35. The molecule has 1 N–H and O–H groups in total. The van der Waals surface area contributed by atoms with Crippen molar-refractivity contribution in [2.45, 2.75) is 45.2 Å². The second kappa shape index (κ2) is 3.89. The van der Waals surface area contributed by atoms with Crippen molar-refractivity contribution in [1.82, 2.24) is 10.2 Å². The summed E-state index contributed by atoms with van der Waals surface area (Å²) in [6, 6.07) is 1.03. The van der Waals surface area contributed by atoms with E-state index in [1.165, 1.54) is 13.0 Å².